The maximum atomic E-state index is 11.2. The highest BCUT2D eigenvalue weighted by atomic mass is 16.6. The zero-order valence-electron chi connectivity index (χ0n) is 9.98. The van der Waals surface area contributed by atoms with Gasteiger partial charge in [-0.25, -0.2) is 4.79 Å². The van der Waals surface area contributed by atoms with Crippen LogP contribution in [-0.4, -0.2) is 32.4 Å². The molecule has 98 valence electrons. The van der Waals surface area contributed by atoms with Gasteiger partial charge in [0.1, 0.15) is 19.8 Å². The van der Waals surface area contributed by atoms with Gasteiger partial charge in [0.05, 0.1) is 0 Å². The number of carbonyl (C=O) groups excluding carboxylic acids is 1. The number of carbonyl (C=O) groups is 1. The monoisotopic (exact) mass is 252 g/mol. The Bertz CT molecular complexity index is 423. The van der Waals surface area contributed by atoms with E-state index in [1.54, 1.807) is 0 Å². The Morgan fingerprint density at radius 2 is 2.11 bits per heavy atom. The van der Waals surface area contributed by atoms with Crippen LogP contribution >= 0.6 is 0 Å². The summed E-state index contributed by atoms with van der Waals surface area (Å²) in [5.41, 5.74) is 6.11. The van der Waals surface area contributed by atoms with Gasteiger partial charge in [-0.05, 0) is 17.7 Å². The summed E-state index contributed by atoms with van der Waals surface area (Å²) in [5.74, 6) is 1.40. The number of amides is 1. The summed E-state index contributed by atoms with van der Waals surface area (Å²) < 4.78 is 15.9. The number of rotatable bonds is 4. The molecule has 1 aliphatic heterocycles. The standard InChI is InChI=1S/C12H16N2O4/c13-3-4-14-12(15)18-8-9-1-2-10-11(7-9)17-6-5-16-10/h1-2,7H,3-6,8,13H2,(H,14,15). The van der Waals surface area contributed by atoms with Crippen molar-refractivity contribution in [2.45, 2.75) is 6.61 Å². The molecule has 18 heavy (non-hydrogen) atoms. The van der Waals surface area contributed by atoms with Crippen molar-refractivity contribution in [3.8, 4) is 11.5 Å². The summed E-state index contributed by atoms with van der Waals surface area (Å²) in [5, 5.41) is 2.52. The minimum atomic E-state index is -0.477. The first kappa shape index (κ1) is 12.5. The lowest BCUT2D eigenvalue weighted by atomic mass is 10.2. The Balaban J connectivity index is 1.88. The predicted octanol–water partition coefficient (Wildman–Crippen LogP) is 0.643. The lowest BCUT2D eigenvalue weighted by Gasteiger charge is -2.18. The van der Waals surface area contributed by atoms with Crippen LogP contribution in [0.4, 0.5) is 4.79 Å². The quantitative estimate of drug-likeness (QED) is 0.821. The van der Waals surface area contributed by atoms with E-state index >= 15 is 0 Å². The zero-order valence-corrected chi connectivity index (χ0v) is 9.98. The van der Waals surface area contributed by atoms with Crippen LogP contribution in [0.25, 0.3) is 0 Å². The van der Waals surface area contributed by atoms with E-state index in [9.17, 15) is 4.79 Å². The van der Waals surface area contributed by atoms with Crippen LogP contribution in [0.1, 0.15) is 5.56 Å². The fourth-order valence-electron chi connectivity index (χ4n) is 1.55. The molecular weight excluding hydrogens is 236 g/mol. The van der Waals surface area contributed by atoms with Crippen LogP contribution in [0.2, 0.25) is 0 Å². The number of hydrogen-bond donors (Lipinski definition) is 2. The number of nitrogens with one attached hydrogen (secondary N) is 1. The van der Waals surface area contributed by atoms with Crippen LogP contribution in [0.5, 0.6) is 11.5 Å². The van der Waals surface area contributed by atoms with Gasteiger partial charge in [-0.15, -0.1) is 0 Å². The molecule has 1 aliphatic rings. The van der Waals surface area contributed by atoms with E-state index in [4.69, 9.17) is 19.9 Å². The van der Waals surface area contributed by atoms with E-state index < -0.39 is 6.09 Å². The third-order valence-electron chi connectivity index (χ3n) is 2.39. The summed E-state index contributed by atoms with van der Waals surface area (Å²) in [6.07, 6.45) is -0.477. The van der Waals surface area contributed by atoms with E-state index in [-0.39, 0.29) is 6.61 Å². The first-order valence-corrected chi connectivity index (χ1v) is 5.79. The molecule has 0 atom stereocenters. The largest absolute Gasteiger partial charge is 0.486 e. The molecule has 0 spiro atoms. The number of benzene rings is 1. The summed E-state index contributed by atoms with van der Waals surface area (Å²) in [6.45, 7) is 2.07. The second kappa shape index (κ2) is 6.11. The third kappa shape index (κ3) is 3.27. The zero-order chi connectivity index (χ0) is 12.8. The third-order valence-corrected chi connectivity index (χ3v) is 2.39. The van der Waals surface area contributed by atoms with Crippen molar-refractivity contribution >= 4 is 6.09 Å². The normalized spacial score (nSPS) is 12.9. The Hall–Kier alpha value is -1.95. The molecule has 6 nitrogen and oxygen atoms in total. The molecule has 0 aromatic heterocycles. The van der Waals surface area contributed by atoms with Crippen LogP contribution in [0.15, 0.2) is 18.2 Å². The molecule has 0 unspecified atom stereocenters. The van der Waals surface area contributed by atoms with Crippen LogP contribution in [0.3, 0.4) is 0 Å². The highest BCUT2D eigenvalue weighted by molar-refractivity contribution is 5.67. The van der Waals surface area contributed by atoms with Gasteiger partial charge in [0.25, 0.3) is 0 Å². The van der Waals surface area contributed by atoms with E-state index in [2.05, 4.69) is 5.32 Å². The molecule has 1 amide bonds. The van der Waals surface area contributed by atoms with Gasteiger partial charge in [-0.2, -0.15) is 0 Å². The molecule has 0 radical (unpaired) electrons. The maximum absolute atomic E-state index is 11.2. The molecule has 2 rings (SSSR count). The maximum Gasteiger partial charge on any atom is 0.407 e. The van der Waals surface area contributed by atoms with E-state index in [1.165, 1.54) is 0 Å². The fraction of sp³-hybridized carbons (Fsp3) is 0.417. The first-order valence-electron chi connectivity index (χ1n) is 5.79. The Morgan fingerprint density at radius 1 is 1.33 bits per heavy atom. The first-order chi connectivity index (χ1) is 8.79. The molecule has 1 aromatic rings. The van der Waals surface area contributed by atoms with Gasteiger partial charge in [0, 0.05) is 13.1 Å². The molecule has 1 heterocycles. The molecule has 0 bridgehead atoms. The van der Waals surface area contributed by atoms with Gasteiger partial charge >= 0.3 is 6.09 Å². The molecule has 1 aromatic carbocycles. The van der Waals surface area contributed by atoms with Crippen molar-refractivity contribution in [2.24, 2.45) is 5.73 Å². The van der Waals surface area contributed by atoms with Gasteiger partial charge in [0.15, 0.2) is 11.5 Å². The van der Waals surface area contributed by atoms with Crippen molar-refractivity contribution in [3.05, 3.63) is 23.8 Å². The molecular formula is C12H16N2O4. The second-order valence-corrected chi connectivity index (χ2v) is 3.77. The van der Waals surface area contributed by atoms with Gasteiger partial charge in [-0.3, -0.25) is 0 Å². The van der Waals surface area contributed by atoms with Crippen molar-refractivity contribution in [1.29, 1.82) is 0 Å². The Labute approximate surface area is 105 Å². The minimum Gasteiger partial charge on any atom is -0.486 e. The summed E-state index contributed by atoms with van der Waals surface area (Å²) in [4.78, 5) is 11.2. The van der Waals surface area contributed by atoms with Gasteiger partial charge < -0.3 is 25.3 Å². The van der Waals surface area contributed by atoms with Gasteiger partial charge in [-0.1, -0.05) is 6.07 Å². The summed E-state index contributed by atoms with van der Waals surface area (Å²) >= 11 is 0. The fourth-order valence-corrected chi connectivity index (χ4v) is 1.55. The second-order valence-electron chi connectivity index (χ2n) is 3.77. The Morgan fingerprint density at radius 3 is 2.89 bits per heavy atom. The number of ether oxygens (including phenoxy) is 3. The number of nitrogens with two attached hydrogens (primary N) is 1. The number of fused-ring (bicyclic) bond motifs is 1. The molecule has 0 saturated carbocycles. The van der Waals surface area contributed by atoms with Crippen LogP contribution < -0.4 is 20.5 Å². The SMILES string of the molecule is NCCNC(=O)OCc1ccc2c(c1)OCCO2. The van der Waals surface area contributed by atoms with E-state index in [1.807, 2.05) is 18.2 Å². The predicted molar refractivity (Wildman–Crippen MR) is 64.7 cm³/mol. The molecule has 0 saturated heterocycles. The molecule has 3 N–H and O–H groups in total. The van der Waals surface area contributed by atoms with Crippen LogP contribution in [0, 0.1) is 0 Å². The van der Waals surface area contributed by atoms with Crippen molar-refractivity contribution < 1.29 is 19.0 Å². The Kier molecular flexibility index (Phi) is 4.25. The average molecular weight is 252 g/mol. The highest BCUT2D eigenvalue weighted by Gasteiger charge is 2.12. The van der Waals surface area contributed by atoms with E-state index in [0.29, 0.717) is 32.1 Å². The smallest absolute Gasteiger partial charge is 0.407 e. The average Bonchev–Trinajstić information content (AvgIpc) is 2.42. The lowest BCUT2D eigenvalue weighted by molar-refractivity contribution is 0.139. The van der Waals surface area contributed by atoms with Crippen molar-refractivity contribution in [2.75, 3.05) is 26.3 Å². The minimum absolute atomic E-state index is 0.188. The van der Waals surface area contributed by atoms with Gasteiger partial charge in [0.2, 0.25) is 0 Å². The molecule has 0 aliphatic carbocycles. The topological polar surface area (TPSA) is 82.8 Å². The van der Waals surface area contributed by atoms with E-state index in [0.717, 1.165) is 11.3 Å². The highest BCUT2D eigenvalue weighted by Crippen LogP contribution is 2.30. The molecule has 0 fully saturated rings. The lowest BCUT2D eigenvalue weighted by Crippen LogP contribution is -2.29. The van der Waals surface area contributed by atoms with Crippen LogP contribution in [-0.2, 0) is 11.3 Å². The summed E-state index contributed by atoms with van der Waals surface area (Å²) in [6, 6.07) is 5.46. The molecule has 6 heteroatoms. The number of alkyl carbamates (subject to hydrolysis) is 1. The number of hydrogen-bond acceptors (Lipinski definition) is 5. The van der Waals surface area contributed by atoms with Crippen molar-refractivity contribution in [3.63, 3.8) is 0 Å². The summed E-state index contributed by atoms with van der Waals surface area (Å²) in [7, 11) is 0. The van der Waals surface area contributed by atoms with Crippen molar-refractivity contribution in [1.82, 2.24) is 5.32 Å².